The van der Waals surface area contributed by atoms with E-state index in [-0.39, 0.29) is 23.3 Å². The number of nitrogens with one attached hydrogen (secondary N) is 2. The van der Waals surface area contributed by atoms with E-state index in [1.807, 2.05) is 18.2 Å². The number of rotatable bonds is 8. The van der Waals surface area contributed by atoms with Gasteiger partial charge in [-0.25, -0.2) is 4.98 Å². The Hall–Kier alpha value is -3.96. The van der Waals surface area contributed by atoms with Crippen LogP contribution in [0.2, 0.25) is 0 Å². The van der Waals surface area contributed by atoms with E-state index in [1.54, 1.807) is 31.4 Å². The molecule has 1 heterocycles. The number of hydrogen-bond acceptors (Lipinski definition) is 8. The summed E-state index contributed by atoms with van der Waals surface area (Å²) in [7, 11) is 1.60. The van der Waals surface area contributed by atoms with E-state index in [4.69, 9.17) is 4.74 Å². The third-order valence-electron chi connectivity index (χ3n) is 4.66. The van der Waals surface area contributed by atoms with Crippen LogP contribution in [-0.4, -0.2) is 34.6 Å². The number of ether oxygens (including phenoxy) is 1. The molecule has 4 aromatic rings. The summed E-state index contributed by atoms with van der Waals surface area (Å²) < 4.78 is 6.13. The molecule has 0 aliphatic heterocycles. The van der Waals surface area contributed by atoms with E-state index < -0.39 is 4.92 Å². The molecule has 172 valence electrons. The highest BCUT2D eigenvalue weighted by molar-refractivity contribution is 8.00. The van der Waals surface area contributed by atoms with Crippen LogP contribution in [0.25, 0.3) is 10.2 Å². The van der Waals surface area contributed by atoms with E-state index in [0.29, 0.717) is 16.4 Å². The highest BCUT2D eigenvalue weighted by atomic mass is 32.2. The van der Waals surface area contributed by atoms with Gasteiger partial charge in [-0.05, 0) is 54.6 Å². The summed E-state index contributed by atoms with van der Waals surface area (Å²) >= 11 is 2.74. The zero-order chi connectivity index (χ0) is 24.1. The number of nitro groups is 1. The quantitative estimate of drug-likeness (QED) is 0.196. The largest absolute Gasteiger partial charge is 0.497 e. The van der Waals surface area contributed by atoms with Crippen molar-refractivity contribution in [2.75, 3.05) is 23.5 Å². The average molecular weight is 495 g/mol. The molecule has 0 aliphatic carbocycles. The molecule has 0 spiro atoms. The standard InChI is InChI=1S/C23H18N4O5S2/c1-32-17-8-11-19-20(12-17)34-23(25-19)26-21(28)13-33-18-9-4-15(5-10-18)24-22(29)14-2-6-16(7-3-14)27(30)31/h2-12H,13H2,1H3,(H,24,29)(H,25,26,28). The normalized spacial score (nSPS) is 10.6. The Morgan fingerprint density at radius 2 is 1.79 bits per heavy atom. The van der Waals surface area contributed by atoms with Crippen molar-refractivity contribution in [1.29, 1.82) is 0 Å². The van der Waals surface area contributed by atoms with Crippen LogP contribution in [0.5, 0.6) is 5.75 Å². The Bertz CT molecular complexity index is 1350. The number of benzene rings is 3. The van der Waals surface area contributed by atoms with Gasteiger partial charge >= 0.3 is 0 Å². The van der Waals surface area contributed by atoms with Gasteiger partial charge < -0.3 is 15.4 Å². The van der Waals surface area contributed by atoms with Crippen LogP contribution in [0.3, 0.4) is 0 Å². The van der Waals surface area contributed by atoms with Crippen molar-refractivity contribution < 1.29 is 19.2 Å². The molecule has 2 N–H and O–H groups in total. The molecule has 11 heteroatoms. The Kier molecular flexibility index (Phi) is 7.04. The van der Waals surface area contributed by atoms with Crippen LogP contribution in [0, 0.1) is 10.1 Å². The molecule has 34 heavy (non-hydrogen) atoms. The van der Waals surface area contributed by atoms with Crippen molar-refractivity contribution in [2.45, 2.75) is 4.90 Å². The zero-order valence-electron chi connectivity index (χ0n) is 17.8. The van der Waals surface area contributed by atoms with E-state index in [0.717, 1.165) is 20.9 Å². The van der Waals surface area contributed by atoms with Gasteiger partial charge in [-0.3, -0.25) is 19.7 Å². The Labute approximate surface area is 202 Å². The molecule has 1 aromatic heterocycles. The summed E-state index contributed by atoms with van der Waals surface area (Å²) in [5.74, 6) is 0.389. The van der Waals surface area contributed by atoms with Crippen molar-refractivity contribution in [3.8, 4) is 5.75 Å². The maximum atomic E-state index is 12.3. The van der Waals surface area contributed by atoms with Gasteiger partial charge in [-0.2, -0.15) is 0 Å². The summed E-state index contributed by atoms with van der Waals surface area (Å²) in [6.45, 7) is 0. The number of aromatic nitrogens is 1. The first-order chi connectivity index (χ1) is 16.4. The third-order valence-corrected chi connectivity index (χ3v) is 6.61. The monoisotopic (exact) mass is 494 g/mol. The fraction of sp³-hybridized carbons (Fsp3) is 0.0870. The maximum absolute atomic E-state index is 12.3. The van der Waals surface area contributed by atoms with E-state index in [9.17, 15) is 19.7 Å². The number of anilines is 2. The van der Waals surface area contributed by atoms with Crippen molar-refractivity contribution in [1.82, 2.24) is 4.98 Å². The van der Waals surface area contributed by atoms with Crippen molar-refractivity contribution in [3.05, 3.63) is 82.4 Å². The number of amides is 2. The molecule has 2 amide bonds. The highest BCUT2D eigenvalue weighted by Crippen LogP contribution is 2.29. The van der Waals surface area contributed by atoms with Crippen LogP contribution < -0.4 is 15.4 Å². The van der Waals surface area contributed by atoms with Crippen LogP contribution in [0.1, 0.15) is 10.4 Å². The van der Waals surface area contributed by atoms with E-state index in [1.165, 1.54) is 47.4 Å². The first-order valence-corrected chi connectivity index (χ1v) is 11.7. The molecule has 0 atom stereocenters. The number of methoxy groups -OCH3 is 1. The molecule has 9 nitrogen and oxygen atoms in total. The second-order valence-electron chi connectivity index (χ2n) is 6.97. The molecule has 0 fully saturated rings. The van der Waals surface area contributed by atoms with Crippen molar-refractivity contribution >= 4 is 61.6 Å². The Morgan fingerprint density at radius 3 is 2.47 bits per heavy atom. The second kappa shape index (κ2) is 10.3. The van der Waals surface area contributed by atoms with Crippen LogP contribution in [0.15, 0.2) is 71.6 Å². The molecule has 3 aromatic carbocycles. The topological polar surface area (TPSA) is 123 Å². The van der Waals surface area contributed by atoms with Crippen molar-refractivity contribution in [3.63, 3.8) is 0 Å². The lowest BCUT2D eigenvalue weighted by Gasteiger charge is -2.07. The number of fused-ring (bicyclic) bond motifs is 1. The molecule has 0 bridgehead atoms. The first kappa shape index (κ1) is 23.2. The number of carbonyl (C=O) groups is 2. The predicted molar refractivity (Wildman–Crippen MR) is 133 cm³/mol. The summed E-state index contributed by atoms with van der Waals surface area (Å²) in [5, 5.41) is 16.8. The zero-order valence-corrected chi connectivity index (χ0v) is 19.4. The molecule has 0 saturated heterocycles. The first-order valence-electron chi connectivity index (χ1n) is 9.94. The third kappa shape index (κ3) is 5.69. The molecular formula is C23H18N4O5S2. The van der Waals surface area contributed by atoms with Gasteiger partial charge in [-0.15, -0.1) is 11.8 Å². The van der Waals surface area contributed by atoms with Crippen molar-refractivity contribution in [2.24, 2.45) is 0 Å². The lowest BCUT2D eigenvalue weighted by Crippen LogP contribution is -2.13. The Morgan fingerprint density at radius 1 is 1.06 bits per heavy atom. The minimum atomic E-state index is -0.519. The van der Waals surface area contributed by atoms with Gasteiger partial charge in [0.1, 0.15) is 5.75 Å². The smallest absolute Gasteiger partial charge is 0.269 e. The second-order valence-corrected chi connectivity index (χ2v) is 9.05. The minimum absolute atomic E-state index is 0.0784. The number of hydrogen-bond donors (Lipinski definition) is 2. The number of thioether (sulfide) groups is 1. The summed E-state index contributed by atoms with van der Waals surface area (Å²) in [6, 6.07) is 18.0. The van der Waals surface area contributed by atoms with Crippen LogP contribution >= 0.6 is 23.1 Å². The van der Waals surface area contributed by atoms with E-state index >= 15 is 0 Å². The van der Waals surface area contributed by atoms with Crippen LogP contribution in [0.4, 0.5) is 16.5 Å². The molecule has 0 aliphatic rings. The average Bonchev–Trinajstić information content (AvgIpc) is 3.24. The highest BCUT2D eigenvalue weighted by Gasteiger charge is 2.11. The summed E-state index contributed by atoms with van der Waals surface area (Å²) in [4.78, 5) is 40.1. The van der Waals surface area contributed by atoms with Gasteiger partial charge in [0.05, 0.1) is 28.0 Å². The molecule has 0 saturated carbocycles. The number of nitrogens with zero attached hydrogens (tertiary/aromatic N) is 2. The van der Waals surface area contributed by atoms with E-state index in [2.05, 4.69) is 15.6 Å². The van der Waals surface area contributed by atoms with Gasteiger partial charge in [0.25, 0.3) is 11.6 Å². The number of thiazole rings is 1. The maximum Gasteiger partial charge on any atom is 0.269 e. The van der Waals surface area contributed by atoms with Gasteiger partial charge in [0.15, 0.2) is 5.13 Å². The summed E-state index contributed by atoms with van der Waals surface area (Å²) in [5.41, 5.74) is 1.60. The number of nitro benzene ring substituents is 1. The Balaban J connectivity index is 1.29. The fourth-order valence-electron chi connectivity index (χ4n) is 2.96. The number of non-ortho nitro benzene ring substituents is 1. The fourth-order valence-corrected chi connectivity index (χ4v) is 4.57. The molecule has 0 unspecified atom stereocenters. The lowest BCUT2D eigenvalue weighted by atomic mass is 10.2. The SMILES string of the molecule is COc1ccc2nc(NC(=O)CSc3ccc(NC(=O)c4ccc([N+](=O)[O-])cc4)cc3)sc2c1. The van der Waals surface area contributed by atoms with Gasteiger partial charge in [0, 0.05) is 28.3 Å². The lowest BCUT2D eigenvalue weighted by molar-refractivity contribution is -0.384. The van der Waals surface area contributed by atoms with Gasteiger partial charge in [0.2, 0.25) is 5.91 Å². The summed E-state index contributed by atoms with van der Waals surface area (Å²) in [6.07, 6.45) is 0. The molecule has 0 radical (unpaired) electrons. The minimum Gasteiger partial charge on any atom is -0.497 e. The van der Waals surface area contributed by atoms with Gasteiger partial charge in [-0.1, -0.05) is 11.3 Å². The van der Waals surface area contributed by atoms with Crippen LogP contribution in [-0.2, 0) is 4.79 Å². The predicted octanol–water partition coefficient (Wildman–Crippen LogP) is 5.20. The molecular weight excluding hydrogens is 476 g/mol. The molecule has 4 rings (SSSR count). The number of carbonyl (C=O) groups excluding carboxylic acids is 2.